The van der Waals surface area contributed by atoms with Crippen LogP contribution in [0.3, 0.4) is 0 Å². The molecule has 2 amide bonds. The van der Waals surface area contributed by atoms with Crippen molar-refractivity contribution in [1.29, 1.82) is 0 Å². The number of terminal acetylenes is 1. The third-order valence-corrected chi connectivity index (χ3v) is 7.08. The molecule has 2 aromatic rings. The van der Waals surface area contributed by atoms with E-state index < -0.39 is 6.04 Å². The van der Waals surface area contributed by atoms with Crippen LogP contribution in [0.5, 0.6) is 0 Å². The Balaban J connectivity index is 1.63. The van der Waals surface area contributed by atoms with Gasteiger partial charge in [-0.2, -0.15) is 0 Å². The minimum absolute atomic E-state index is 0.104. The van der Waals surface area contributed by atoms with Crippen molar-refractivity contribution in [3.05, 3.63) is 48.0 Å². The molecule has 2 N–H and O–H groups in total. The lowest BCUT2D eigenvalue weighted by Gasteiger charge is -2.40. The summed E-state index contributed by atoms with van der Waals surface area (Å²) >= 11 is 1.51. The monoisotopic (exact) mass is 496 g/mol. The van der Waals surface area contributed by atoms with Crippen molar-refractivity contribution in [3.8, 4) is 12.3 Å². The van der Waals surface area contributed by atoms with E-state index in [1.54, 1.807) is 0 Å². The third-order valence-electron chi connectivity index (χ3n) is 6.18. The van der Waals surface area contributed by atoms with E-state index in [0.717, 1.165) is 29.2 Å². The number of hydrogen-bond acceptors (Lipinski definition) is 7. The van der Waals surface area contributed by atoms with Gasteiger partial charge in [-0.3, -0.25) is 14.5 Å². The van der Waals surface area contributed by atoms with Gasteiger partial charge in [0.2, 0.25) is 11.8 Å². The van der Waals surface area contributed by atoms with Gasteiger partial charge in [0.05, 0.1) is 26.7 Å². The van der Waals surface area contributed by atoms with E-state index in [4.69, 9.17) is 11.2 Å². The van der Waals surface area contributed by atoms with Gasteiger partial charge >= 0.3 is 5.97 Å². The molecule has 0 aromatic heterocycles. The van der Waals surface area contributed by atoms with Crippen LogP contribution in [0.25, 0.3) is 10.8 Å². The summed E-state index contributed by atoms with van der Waals surface area (Å²) in [5.74, 6) is 1.51. The van der Waals surface area contributed by atoms with Crippen molar-refractivity contribution >= 4 is 40.5 Å². The quantitative estimate of drug-likeness (QED) is 0.295. The van der Waals surface area contributed by atoms with E-state index in [2.05, 4.69) is 21.5 Å². The highest BCUT2D eigenvalue weighted by atomic mass is 32.2. The summed E-state index contributed by atoms with van der Waals surface area (Å²) in [7, 11) is 1.42. The summed E-state index contributed by atoms with van der Waals surface area (Å²) in [5, 5.41) is 7.28. The molecule has 0 aliphatic carbocycles. The van der Waals surface area contributed by atoms with E-state index >= 15 is 0 Å². The number of nitrogens with one attached hydrogen (secondary N) is 2. The molecule has 0 saturated carbocycles. The summed E-state index contributed by atoms with van der Waals surface area (Å²) in [6.45, 7) is 1.60. The van der Waals surface area contributed by atoms with Gasteiger partial charge in [-0.25, -0.2) is 9.10 Å². The minimum Gasteiger partial charge on any atom is -0.468 e. The first-order chi connectivity index (χ1) is 17.0. The van der Waals surface area contributed by atoms with Gasteiger partial charge in [0.15, 0.2) is 0 Å². The van der Waals surface area contributed by atoms with Gasteiger partial charge in [0.1, 0.15) is 6.04 Å². The summed E-state index contributed by atoms with van der Waals surface area (Å²) in [4.78, 5) is 39.1. The SMILES string of the molecule is C#CCNC(=O)CNC(=O)CN(SC)C1CCN(C(C(=O)OC)c2cccc3ccccc23)CC1. The van der Waals surface area contributed by atoms with Crippen LogP contribution < -0.4 is 10.6 Å². The normalized spacial score (nSPS) is 15.4. The Morgan fingerprint density at radius 2 is 1.86 bits per heavy atom. The summed E-state index contributed by atoms with van der Waals surface area (Å²) in [5.41, 5.74) is 0.942. The molecular weight excluding hydrogens is 464 g/mol. The second-order valence-corrected chi connectivity index (χ2v) is 9.11. The van der Waals surface area contributed by atoms with E-state index in [9.17, 15) is 14.4 Å². The number of nitrogens with zero attached hydrogens (tertiary/aromatic N) is 2. The topological polar surface area (TPSA) is 91.0 Å². The summed E-state index contributed by atoms with van der Waals surface area (Å²) in [6.07, 6.45) is 8.66. The number of piperidine rings is 1. The maximum atomic E-state index is 12.9. The van der Waals surface area contributed by atoms with Crippen LogP contribution in [0.1, 0.15) is 24.4 Å². The number of fused-ring (bicyclic) bond motifs is 1. The van der Waals surface area contributed by atoms with Gasteiger partial charge < -0.3 is 15.4 Å². The molecule has 3 rings (SSSR count). The minimum atomic E-state index is -0.486. The zero-order chi connectivity index (χ0) is 25.2. The van der Waals surface area contributed by atoms with Crippen LogP contribution in [0, 0.1) is 12.3 Å². The number of carbonyl (C=O) groups excluding carboxylic acids is 3. The molecule has 0 radical (unpaired) electrons. The molecule has 0 spiro atoms. The molecule has 0 bridgehead atoms. The van der Waals surface area contributed by atoms with Gasteiger partial charge in [-0.1, -0.05) is 60.3 Å². The lowest BCUT2D eigenvalue weighted by Crippen LogP contribution is -2.48. The number of hydrogen-bond donors (Lipinski definition) is 2. The Bertz CT molecular complexity index is 1070. The molecule has 1 aliphatic rings. The second-order valence-electron chi connectivity index (χ2n) is 8.28. The molecule has 186 valence electrons. The summed E-state index contributed by atoms with van der Waals surface area (Å²) in [6, 6.07) is 13.7. The van der Waals surface area contributed by atoms with Crippen LogP contribution >= 0.6 is 11.9 Å². The van der Waals surface area contributed by atoms with Crippen molar-refractivity contribution in [2.75, 3.05) is 46.1 Å². The molecule has 1 heterocycles. The van der Waals surface area contributed by atoms with Crippen LogP contribution in [0.2, 0.25) is 0 Å². The molecule has 2 aromatic carbocycles. The van der Waals surface area contributed by atoms with Crippen LogP contribution in [0.15, 0.2) is 42.5 Å². The maximum Gasteiger partial charge on any atom is 0.327 e. The van der Waals surface area contributed by atoms with Crippen LogP contribution in [-0.4, -0.2) is 79.1 Å². The first-order valence-corrected chi connectivity index (χ1v) is 12.7. The highest BCUT2D eigenvalue weighted by Crippen LogP contribution is 2.32. The van der Waals surface area contributed by atoms with Gasteiger partial charge in [0, 0.05) is 19.1 Å². The molecule has 1 saturated heterocycles. The predicted molar refractivity (Wildman–Crippen MR) is 138 cm³/mol. The Labute approximate surface area is 210 Å². The molecule has 1 fully saturated rings. The third kappa shape index (κ3) is 6.98. The lowest BCUT2D eigenvalue weighted by atomic mass is 9.95. The first-order valence-electron chi connectivity index (χ1n) is 11.6. The van der Waals surface area contributed by atoms with Crippen molar-refractivity contribution in [3.63, 3.8) is 0 Å². The highest BCUT2D eigenvalue weighted by Gasteiger charge is 2.34. The molecule has 1 atom stereocenters. The Hall–Kier alpha value is -3.06. The number of likely N-dealkylation sites (tertiary alicyclic amines) is 1. The zero-order valence-electron chi connectivity index (χ0n) is 20.2. The second kappa shape index (κ2) is 13.1. The zero-order valence-corrected chi connectivity index (χ0v) is 21.0. The Morgan fingerprint density at radius 1 is 1.14 bits per heavy atom. The predicted octanol–water partition coefficient (Wildman–Crippen LogP) is 1.96. The first kappa shape index (κ1) is 26.5. The fraction of sp³-hybridized carbons (Fsp3) is 0.423. The number of benzene rings is 2. The average molecular weight is 497 g/mol. The number of ether oxygens (including phenoxy) is 1. The van der Waals surface area contributed by atoms with E-state index in [1.165, 1.54) is 19.1 Å². The van der Waals surface area contributed by atoms with Crippen molar-refractivity contribution < 1.29 is 19.1 Å². The fourth-order valence-electron chi connectivity index (χ4n) is 4.44. The van der Waals surface area contributed by atoms with Gasteiger partial charge in [-0.15, -0.1) is 6.42 Å². The van der Waals surface area contributed by atoms with Crippen molar-refractivity contribution in [1.82, 2.24) is 19.8 Å². The number of carbonyl (C=O) groups is 3. The summed E-state index contributed by atoms with van der Waals surface area (Å²) < 4.78 is 7.23. The molecule has 1 unspecified atom stereocenters. The van der Waals surface area contributed by atoms with Gasteiger partial charge in [0.25, 0.3) is 0 Å². The van der Waals surface area contributed by atoms with Crippen LogP contribution in [-0.2, 0) is 19.1 Å². The number of amides is 2. The lowest BCUT2D eigenvalue weighted by molar-refractivity contribution is -0.148. The van der Waals surface area contributed by atoms with E-state index in [0.29, 0.717) is 13.1 Å². The van der Waals surface area contributed by atoms with Crippen molar-refractivity contribution in [2.45, 2.75) is 24.9 Å². The standard InChI is InChI=1S/C26H32N4O4S/c1-4-14-27-23(31)17-28-24(32)18-30(35-3)20-12-15-29(16-13-20)25(26(33)34-2)22-11-7-9-19-8-5-6-10-21(19)22/h1,5-11,20,25H,12-18H2,2-3H3,(H,27,31)(H,28,32). The largest absolute Gasteiger partial charge is 0.468 e. The van der Waals surface area contributed by atoms with Crippen molar-refractivity contribution in [2.24, 2.45) is 0 Å². The maximum absolute atomic E-state index is 12.9. The Kier molecular flexibility index (Phi) is 9.97. The molecule has 35 heavy (non-hydrogen) atoms. The van der Waals surface area contributed by atoms with E-state index in [1.807, 2.05) is 53.0 Å². The fourth-order valence-corrected chi connectivity index (χ4v) is 5.19. The number of methoxy groups -OCH3 is 1. The average Bonchev–Trinajstić information content (AvgIpc) is 2.90. The van der Waals surface area contributed by atoms with Crippen LogP contribution in [0.4, 0.5) is 0 Å². The number of esters is 1. The highest BCUT2D eigenvalue weighted by molar-refractivity contribution is 7.96. The Morgan fingerprint density at radius 3 is 2.54 bits per heavy atom. The molecule has 9 heteroatoms. The molecular formula is C26H32N4O4S. The molecule has 8 nitrogen and oxygen atoms in total. The number of rotatable bonds is 10. The van der Waals surface area contributed by atoms with Gasteiger partial charge in [-0.05, 0) is 35.4 Å². The smallest absolute Gasteiger partial charge is 0.327 e. The molecule has 1 aliphatic heterocycles. The van der Waals surface area contributed by atoms with E-state index in [-0.39, 0.29) is 43.5 Å².